The summed E-state index contributed by atoms with van der Waals surface area (Å²) in [5.41, 5.74) is 2.30. The van der Waals surface area contributed by atoms with Crippen LogP contribution >= 0.6 is 11.6 Å². The average molecular weight is 578 g/mol. The van der Waals surface area contributed by atoms with Gasteiger partial charge in [0, 0.05) is 38.3 Å². The lowest BCUT2D eigenvalue weighted by Crippen LogP contribution is -2.64. The minimum absolute atomic E-state index is 0.189. The van der Waals surface area contributed by atoms with E-state index >= 15 is 0 Å². The Morgan fingerprint density at radius 3 is 2.68 bits per heavy atom. The number of methoxy groups -OCH3 is 1. The summed E-state index contributed by atoms with van der Waals surface area (Å²) in [5.74, 6) is 0.717. The first-order chi connectivity index (χ1) is 19.9. The molecule has 212 valence electrons. The van der Waals surface area contributed by atoms with E-state index in [0.29, 0.717) is 65.5 Å². The molecular formula is C26H28ClN11O3. The number of halogens is 1. The SMILES string of the molecule is COC(=O)N[C@H]1CCN(C2CN(c3cc(C#N)cc(Nc4nc(NC5CC5)c5ncc(C#N)n5n4)c3Cl)C2)C[C@@H]1O. The number of hydrogen-bond donors (Lipinski definition) is 4. The molecule has 6 rings (SSSR count). The molecule has 41 heavy (non-hydrogen) atoms. The van der Waals surface area contributed by atoms with Crippen LogP contribution in [0.2, 0.25) is 5.02 Å². The second kappa shape index (κ2) is 10.9. The maximum atomic E-state index is 11.5. The lowest BCUT2D eigenvalue weighted by Gasteiger charge is -2.49. The molecule has 2 aliphatic heterocycles. The maximum Gasteiger partial charge on any atom is 0.407 e. The number of rotatable bonds is 7. The molecule has 3 aliphatic rings. The molecule has 0 unspecified atom stereocenters. The number of β-amino-alcohol motifs (C(OH)–C–C–N with tert-alkyl or cyclic N) is 1. The molecule has 0 bridgehead atoms. The largest absolute Gasteiger partial charge is 0.453 e. The number of imidazole rings is 1. The number of fused-ring (bicyclic) bond motifs is 1. The molecule has 2 aromatic heterocycles. The molecule has 15 heteroatoms. The summed E-state index contributed by atoms with van der Waals surface area (Å²) in [6.45, 7) is 2.48. The predicted octanol–water partition coefficient (Wildman–Crippen LogP) is 1.82. The van der Waals surface area contributed by atoms with Gasteiger partial charge in [0.2, 0.25) is 5.95 Å². The van der Waals surface area contributed by atoms with Crippen LogP contribution in [0.5, 0.6) is 0 Å². The number of nitrogens with one attached hydrogen (secondary N) is 3. The first-order valence-corrected chi connectivity index (χ1v) is 13.7. The van der Waals surface area contributed by atoms with Gasteiger partial charge in [0.05, 0.1) is 53.5 Å². The first-order valence-electron chi connectivity index (χ1n) is 13.3. The van der Waals surface area contributed by atoms with E-state index in [1.54, 1.807) is 12.1 Å². The summed E-state index contributed by atoms with van der Waals surface area (Å²) in [4.78, 5) is 24.7. The van der Waals surface area contributed by atoms with Gasteiger partial charge in [0.15, 0.2) is 17.2 Å². The van der Waals surface area contributed by atoms with E-state index in [1.807, 2.05) is 0 Å². The standard InChI is InChI=1S/C26H28ClN11O3/c1-41-26(40)33-18-4-5-36(13-21(18)39)17-11-37(12-17)20-7-14(8-28)6-19(22(20)27)32-25-34-23(31-15-2-3-15)24-30-10-16(9-29)38(24)35-25/h6-7,10,15,17-18,21,39H,2-5,11-13H2,1H3,(H,33,40)(H2,31,32,34,35)/t18-,21-/m0/s1. The number of hydrogen-bond acceptors (Lipinski definition) is 12. The predicted molar refractivity (Wildman–Crippen MR) is 149 cm³/mol. The second-order valence-electron chi connectivity index (χ2n) is 10.4. The number of benzene rings is 1. The fraction of sp³-hybridized carbons (Fsp3) is 0.462. The van der Waals surface area contributed by atoms with E-state index in [2.05, 4.69) is 57.7 Å². The summed E-state index contributed by atoms with van der Waals surface area (Å²) in [6.07, 6.45) is 2.87. The van der Waals surface area contributed by atoms with Gasteiger partial charge in [0.1, 0.15) is 6.07 Å². The van der Waals surface area contributed by atoms with E-state index in [-0.39, 0.29) is 23.7 Å². The lowest BCUT2D eigenvalue weighted by atomic mass is 9.97. The Labute approximate surface area is 240 Å². The Kier molecular flexibility index (Phi) is 7.13. The van der Waals surface area contributed by atoms with Crippen LogP contribution in [0.4, 0.5) is 27.9 Å². The van der Waals surface area contributed by atoms with Crippen LogP contribution in [0.25, 0.3) is 5.65 Å². The van der Waals surface area contributed by atoms with Crippen LogP contribution < -0.4 is 20.9 Å². The number of amides is 1. The number of aliphatic hydroxyl groups excluding tert-OH is 1. The van der Waals surface area contributed by atoms with Gasteiger partial charge in [-0.15, -0.1) is 5.10 Å². The zero-order chi connectivity index (χ0) is 28.7. The van der Waals surface area contributed by atoms with Gasteiger partial charge in [-0.1, -0.05) is 11.6 Å². The minimum atomic E-state index is -0.702. The molecule has 14 nitrogen and oxygen atoms in total. The summed E-state index contributed by atoms with van der Waals surface area (Å²) in [6, 6.07) is 7.81. The number of alkyl carbamates (subject to hydrolysis) is 1. The highest BCUT2D eigenvalue weighted by Gasteiger charge is 2.38. The smallest absolute Gasteiger partial charge is 0.407 e. The number of carbonyl (C=O) groups is 1. The number of aliphatic hydroxyl groups is 1. The molecule has 1 aromatic carbocycles. The molecule has 3 fully saturated rings. The molecule has 0 radical (unpaired) electrons. The monoisotopic (exact) mass is 577 g/mol. The molecule has 3 aromatic rings. The minimum Gasteiger partial charge on any atom is -0.453 e. The van der Waals surface area contributed by atoms with Gasteiger partial charge in [-0.2, -0.15) is 20.0 Å². The molecule has 4 heterocycles. The Hall–Kier alpha value is -4.37. The van der Waals surface area contributed by atoms with Gasteiger partial charge < -0.3 is 30.7 Å². The lowest BCUT2D eigenvalue weighted by molar-refractivity contribution is 0.0145. The zero-order valence-corrected chi connectivity index (χ0v) is 23.0. The number of ether oxygens (including phenoxy) is 1. The van der Waals surface area contributed by atoms with Gasteiger partial charge in [-0.25, -0.2) is 9.78 Å². The molecule has 4 N–H and O–H groups in total. The number of nitrogens with zero attached hydrogens (tertiary/aromatic N) is 8. The quantitative estimate of drug-likeness (QED) is 0.320. The number of piperidine rings is 1. The van der Waals surface area contributed by atoms with Gasteiger partial charge in [-0.05, 0) is 31.4 Å². The fourth-order valence-corrected chi connectivity index (χ4v) is 5.47. The Morgan fingerprint density at radius 1 is 1.20 bits per heavy atom. The van der Waals surface area contributed by atoms with E-state index < -0.39 is 12.2 Å². The highest BCUT2D eigenvalue weighted by molar-refractivity contribution is 6.36. The molecule has 1 aliphatic carbocycles. The van der Waals surface area contributed by atoms with Crippen LogP contribution in [-0.4, -0.2) is 93.2 Å². The number of nitriles is 2. The van der Waals surface area contributed by atoms with Crippen molar-refractivity contribution in [2.75, 3.05) is 48.8 Å². The third-order valence-electron chi connectivity index (χ3n) is 7.65. The summed E-state index contributed by atoms with van der Waals surface area (Å²) in [5, 5.41) is 43.8. The number of aromatic nitrogens is 4. The molecule has 0 spiro atoms. The van der Waals surface area contributed by atoms with E-state index in [0.717, 1.165) is 19.4 Å². The van der Waals surface area contributed by atoms with Crippen molar-refractivity contribution in [3.8, 4) is 12.1 Å². The van der Waals surface area contributed by atoms with Crippen molar-refractivity contribution in [3.05, 3.63) is 34.6 Å². The maximum absolute atomic E-state index is 11.5. The van der Waals surface area contributed by atoms with E-state index in [1.165, 1.54) is 17.8 Å². The van der Waals surface area contributed by atoms with Crippen molar-refractivity contribution in [2.24, 2.45) is 0 Å². The topological polar surface area (TPSA) is 180 Å². The van der Waals surface area contributed by atoms with Crippen molar-refractivity contribution in [3.63, 3.8) is 0 Å². The molecule has 1 saturated carbocycles. The summed E-state index contributed by atoms with van der Waals surface area (Å²) < 4.78 is 6.08. The fourth-order valence-electron chi connectivity index (χ4n) is 5.19. The van der Waals surface area contributed by atoms with Gasteiger partial charge in [-0.3, -0.25) is 4.90 Å². The summed E-state index contributed by atoms with van der Waals surface area (Å²) in [7, 11) is 1.30. The molecule has 2 atom stereocenters. The number of carbonyl (C=O) groups excluding carboxylic acids is 1. The first kappa shape index (κ1) is 26.8. The third kappa shape index (κ3) is 5.37. The van der Waals surface area contributed by atoms with E-state index in [4.69, 9.17) is 11.6 Å². The van der Waals surface area contributed by atoms with Crippen LogP contribution in [0, 0.1) is 22.7 Å². The highest BCUT2D eigenvalue weighted by Crippen LogP contribution is 2.39. The zero-order valence-electron chi connectivity index (χ0n) is 22.2. The van der Waals surface area contributed by atoms with Crippen LogP contribution in [0.15, 0.2) is 18.3 Å². The van der Waals surface area contributed by atoms with E-state index in [9.17, 15) is 20.4 Å². The van der Waals surface area contributed by atoms with Crippen molar-refractivity contribution in [2.45, 2.75) is 43.5 Å². The van der Waals surface area contributed by atoms with Crippen molar-refractivity contribution < 1.29 is 14.6 Å². The van der Waals surface area contributed by atoms with Crippen molar-refractivity contribution in [1.82, 2.24) is 29.8 Å². The normalized spacial score (nSPS) is 21.0. The van der Waals surface area contributed by atoms with Crippen LogP contribution in [-0.2, 0) is 4.74 Å². The highest BCUT2D eigenvalue weighted by atomic mass is 35.5. The number of likely N-dealkylation sites (tertiary alicyclic amines) is 1. The van der Waals surface area contributed by atoms with Gasteiger partial charge >= 0.3 is 6.09 Å². The average Bonchev–Trinajstić information content (AvgIpc) is 3.66. The third-order valence-corrected chi connectivity index (χ3v) is 8.04. The molecular weight excluding hydrogens is 550 g/mol. The molecule has 2 saturated heterocycles. The second-order valence-corrected chi connectivity index (χ2v) is 10.8. The Bertz CT molecular complexity index is 1570. The Balaban J connectivity index is 1.19. The molecule has 1 amide bonds. The van der Waals surface area contributed by atoms with Crippen molar-refractivity contribution >= 4 is 46.5 Å². The van der Waals surface area contributed by atoms with Crippen LogP contribution in [0.3, 0.4) is 0 Å². The summed E-state index contributed by atoms with van der Waals surface area (Å²) >= 11 is 6.86. The van der Waals surface area contributed by atoms with Crippen molar-refractivity contribution in [1.29, 1.82) is 10.5 Å². The number of anilines is 4. The van der Waals surface area contributed by atoms with Crippen LogP contribution in [0.1, 0.15) is 30.5 Å². The Morgan fingerprint density at radius 2 is 2.00 bits per heavy atom. The van der Waals surface area contributed by atoms with Gasteiger partial charge in [0.25, 0.3) is 0 Å².